The second-order valence-corrected chi connectivity index (χ2v) is 7.11. The predicted octanol–water partition coefficient (Wildman–Crippen LogP) is 4.67. The van der Waals surface area contributed by atoms with Crippen LogP contribution in [0.3, 0.4) is 0 Å². The number of fused-ring (bicyclic) bond motifs is 2. The zero-order valence-electron chi connectivity index (χ0n) is 17.6. The van der Waals surface area contributed by atoms with Crippen LogP contribution in [0, 0.1) is 0 Å². The third kappa shape index (κ3) is 4.30. The van der Waals surface area contributed by atoms with Crippen LogP contribution >= 0.6 is 0 Å². The highest BCUT2D eigenvalue weighted by atomic mass is 16.4. The molecule has 9 nitrogen and oxygen atoms in total. The van der Waals surface area contributed by atoms with E-state index in [0.29, 0.717) is 46.4 Å². The number of pyridine rings is 1. The van der Waals surface area contributed by atoms with Crippen molar-refractivity contribution < 1.29 is 18.4 Å². The van der Waals surface area contributed by atoms with Crippen LogP contribution in [0.4, 0.5) is 11.6 Å². The summed E-state index contributed by atoms with van der Waals surface area (Å²) in [7, 11) is 0. The number of aromatic nitrogens is 3. The lowest BCUT2D eigenvalue weighted by atomic mass is 10.3. The zero-order valence-corrected chi connectivity index (χ0v) is 17.6. The fourth-order valence-corrected chi connectivity index (χ4v) is 3.18. The summed E-state index contributed by atoms with van der Waals surface area (Å²) in [6.45, 7) is 0. The molecule has 2 N–H and O–H groups in total. The van der Waals surface area contributed by atoms with Crippen LogP contribution in [0.25, 0.3) is 33.3 Å². The molecule has 0 radical (unpaired) electrons. The smallest absolute Gasteiger partial charge is 0.232 e. The maximum Gasteiger partial charge on any atom is 0.232 e. The van der Waals surface area contributed by atoms with Gasteiger partial charge in [-0.1, -0.05) is 30.3 Å². The summed E-state index contributed by atoms with van der Waals surface area (Å²) >= 11 is 0. The second kappa shape index (κ2) is 9.21. The second-order valence-electron chi connectivity index (χ2n) is 7.11. The van der Waals surface area contributed by atoms with Gasteiger partial charge < -0.3 is 19.5 Å². The molecule has 5 aromatic rings. The maximum absolute atomic E-state index is 11.6. The molecule has 5 rings (SSSR count). The van der Waals surface area contributed by atoms with E-state index in [0.717, 1.165) is 0 Å². The van der Waals surface area contributed by atoms with Gasteiger partial charge in [-0.15, -0.1) is 0 Å². The third-order valence-electron chi connectivity index (χ3n) is 4.84. The van der Waals surface area contributed by atoms with E-state index in [1.54, 1.807) is 42.5 Å². The average molecular weight is 451 g/mol. The first-order chi connectivity index (χ1) is 16.7. The summed E-state index contributed by atoms with van der Waals surface area (Å²) in [5, 5.41) is 5.93. The number of oxazole rings is 2. The van der Waals surface area contributed by atoms with Gasteiger partial charge in [0.1, 0.15) is 22.7 Å². The van der Waals surface area contributed by atoms with Crippen molar-refractivity contribution in [3.8, 4) is 0 Å². The van der Waals surface area contributed by atoms with Gasteiger partial charge in [-0.05, 0) is 36.4 Å². The van der Waals surface area contributed by atoms with Crippen molar-refractivity contribution in [2.24, 2.45) is 0 Å². The van der Waals surface area contributed by atoms with E-state index in [1.807, 2.05) is 24.3 Å². The molecule has 0 aliphatic carbocycles. The molecule has 0 spiro atoms. The molecule has 34 heavy (non-hydrogen) atoms. The maximum atomic E-state index is 11.6. The molecule has 0 amide bonds. The summed E-state index contributed by atoms with van der Waals surface area (Å²) in [5.74, 6) is 1.33. The Labute approximate surface area is 192 Å². The van der Waals surface area contributed by atoms with Crippen molar-refractivity contribution in [1.82, 2.24) is 15.0 Å². The Balaban J connectivity index is 1.33. The van der Waals surface area contributed by atoms with Crippen LogP contribution in [0.1, 0.15) is 11.8 Å². The molecule has 0 saturated heterocycles. The highest BCUT2D eigenvalue weighted by Crippen LogP contribution is 2.21. The minimum Gasteiger partial charge on any atom is -0.436 e. The number of hydrogen-bond donors (Lipinski definition) is 2. The van der Waals surface area contributed by atoms with Crippen LogP contribution in [-0.2, 0) is 9.59 Å². The summed E-state index contributed by atoms with van der Waals surface area (Å²) in [6, 6.07) is 19.7. The Morgan fingerprint density at radius 2 is 1.09 bits per heavy atom. The number of hydrogen-bond acceptors (Lipinski definition) is 9. The number of nitrogens with one attached hydrogen (secondary N) is 2. The van der Waals surface area contributed by atoms with E-state index in [-0.39, 0.29) is 22.9 Å². The summed E-state index contributed by atoms with van der Waals surface area (Å²) in [5.41, 5.74) is 2.96. The lowest BCUT2D eigenvalue weighted by Crippen LogP contribution is -1.99. The molecule has 0 aliphatic heterocycles. The summed E-state index contributed by atoms with van der Waals surface area (Å²) in [4.78, 5) is 36.2. The molecule has 2 aromatic carbocycles. The summed E-state index contributed by atoms with van der Waals surface area (Å²) in [6.07, 6.45) is 4.24. The molecule has 166 valence electrons. The first-order valence-corrected chi connectivity index (χ1v) is 10.3. The van der Waals surface area contributed by atoms with Crippen molar-refractivity contribution in [3.05, 3.63) is 90.9 Å². The van der Waals surface area contributed by atoms with Crippen molar-refractivity contribution in [2.45, 2.75) is 0 Å². The van der Waals surface area contributed by atoms with Gasteiger partial charge in [-0.2, -0.15) is 0 Å². The number of benzene rings is 2. The fourth-order valence-electron chi connectivity index (χ4n) is 3.18. The van der Waals surface area contributed by atoms with Gasteiger partial charge >= 0.3 is 0 Å². The molecule has 0 unspecified atom stereocenters. The van der Waals surface area contributed by atoms with Crippen molar-refractivity contribution >= 4 is 57.6 Å². The Morgan fingerprint density at radius 1 is 0.618 bits per heavy atom. The number of para-hydroxylation sites is 4. The first-order valence-electron chi connectivity index (χ1n) is 10.3. The standard InChI is InChI=1S/C25H17N5O4/c31-14-16(24-28-18-6-1-3-8-20(18)33-24)12-26-22-10-5-11-23(30-22)27-13-17(15-32)25-29-19-7-2-4-9-21(19)34-25/h1-15H,(H2,26,27,30). The van der Waals surface area contributed by atoms with E-state index in [9.17, 15) is 9.59 Å². The molecular formula is C25H17N5O4. The Hall–Kier alpha value is -5.05. The zero-order chi connectivity index (χ0) is 23.3. The predicted molar refractivity (Wildman–Crippen MR) is 128 cm³/mol. The topological polar surface area (TPSA) is 123 Å². The van der Waals surface area contributed by atoms with Crippen molar-refractivity contribution in [3.63, 3.8) is 0 Å². The molecule has 0 atom stereocenters. The first kappa shape index (κ1) is 20.8. The Bertz CT molecular complexity index is 1380. The minimum atomic E-state index is 0.204. The van der Waals surface area contributed by atoms with E-state index < -0.39 is 0 Å². The van der Waals surface area contributed by atoms with E-state index in [2.05, 4.69) is 25.6 Å². The lowest BCUT2D eigenvalue weighted by molar-refractivity contribution is -0.104. The number of aldehydes is 2. The SMILES string of the molecule is O=CC(=CNc1cccc(NC=C(C=O)c2nc3ccccc3o2)n1)c1nc2ccccc2o1. The third-order valence-corrected chi connectivity index (χ3v) is 4.84. The number of nitrogens with zero attached hydrogens (tertiary/aromatic N) is 3. The van der Waals surface area contributed by atoms with E-state index in [4.69, 9.17) is 8.83 Å². The average Bonchev–Trinajstić information content (AvgIpc) is 3.49. The quantitative estimate of drug-likeness (QED) is 0.256. The monoisotopic (exact) mass is 451 g/mol. The van der Waals surface area contributed by atoms with Gasteiger partial charge in [-0.25, -0.2) is 15.0 Å². The van der Waals surface area contributed by atoms with Gasteiger partial charge in [0.15, 0.2) is 23.7 Å². The molecule has 3 heterocycles. The largest absolute Gasteiger partial charge is 0.436 e. The van der Waals surface area contributed by atoms with Crippen LogP contribution in [-0.4, -0.2) is 27.5 Å². The Kier molecular flexibility index (Phi) is 5.64. The van der Waals surface area contributed by atoms with Gasteiger partial charge in [-0.3, -0.25) is 9.59 Å². The van der Waals surface area contributed by atoms with Crippen molar-refractivity contribution in [2.75, 3.05) is 10.6 Å². The normalized spacial score (nSPS) is 12.1. The lowest BCUT2D eigenvalue weighted by Gasteiger charge is -2.05. The van der Waals surface area contributed by atoms with Crippen LogP contribution < -0.4 is 10.6 Å². The fraction of sp³-hybridized carbons (Fsp3) is 0. The van der Waals surface area contributed by atoms with Gasteiger partial charge in [0.25, 0.3) is 0 Å². The minimum absolute atomic E-state index is 0.204. The number of rotatable bonds is 8. The summed E-state index contributed by atoms with van der Waals surface area (Å²) < 4.78 is 11.3. The number of anilines is 2. The van der Waals surface area contributed by atoms with Crippen LogP contribution in [0.2, 0.25) is 0 Å². The molecule has 0 saturated carbocycles. The number of allylic oxidation sites excluding steroid dienone is 2. The molecule has 3 aromatic heterocycles. The van der Waals surface area contributed by atoms with Crippen LogP contribution in [0.5, 0.6) is 0 Å². The molecule has 0 fully saturated rings. The highest BCUT2D eigenvalue weighted by Gasteiger charge is 2.11. The van der Waals surface area contributed by atoms with Gasteiger partial charge in [0.2, 0.25) is 11.8 Å². The molecular weight excluding hydrogens is 434 g/mol. The number of carbonyl (C=O) groups excluding carboxylic acids is 2. The molecule has 9 heteroatoms. The van der Waals surface area contributed by atoms with E-state index >= 15 is 0 Å². The van der Waals surface area contributed by atoms with E-state index in [1.165, 1.54) is 12.4 Å². The van der Waals surface area contributed by atoms with Crippen molar-refractivity contribution in [1.29, 1.82) is 0 Å². The highest BCUT2D eigenvalue weighted by molar-refractivity contribution is 6.06. The van der Waals surface area contributed by atoms with Crippen LogP contribution in [0.15, 0.2) is 88.0 Å². The number of carbonyl (C=O) groups is 2. The Morgan fingerprint density at radius 3 is 1.53 bits per heavy atom. The molecule has 0 bridgehead atoms. The van der Waals surface area contributed by atoms with Gasteiger partial charge in [0.05, 0.1) is 11.1 Å². The van der Waals surface area contributed by atoms with Gasteiger partial charge in [0, 0.05) is 12.4 Å². The molecule has 0 aliphatic rings.